The van der Waals surface area contributed by atoms with E-state index < -0.39 is 0 Å². The third-order valence-corrected chi connectivity index (χ3v) is 5.56. The van der Waals surface area contributed by atoms with E-state index in [0.717, 1.165) is 28.0 Å². The largest absolute Gasteiger partial charge is 0.383 e. The number of hydrogen-bond donors (Lipinski definition) is 1. The summed E-state index contributed by atoms with van der Waals surface area (Å²) in [6.07, 6.45) is 3.68. The molecule has 1 atom stereocenters. The molecule has 1 saturated heterocycles. The van der Waals surface area contributed by atoms with Gasteiger partial charge >= 0.3 is 0 Å². The minimum atomic E-state index is 0.376. The number of nitrogen functional groups attached to an aromatic ring is 1. The van der Waals surface area contributed by atoms with E-state index in [1.807, 2.05) is 42.1 Å². The molecule has 3 rings (SSSR count). The maximum atomic E-state index is 6.06. The van der Waals surface area contributed by atoms with Crippen molar-refractivity contribution in [1.82, 2.24) is 9.97 Å². The predicted octanol–water partition coefficient (Wildman–Crippen LogP) is 4.45. The van der Waals surface area contributed by atoms with Gasteiger partial charge in [-0.15, -0.1) is 0 Å². The highest BCUT2D eigenvalue weighted by atomic mass is 79.9. The van der Waals surface area contributed by atoms with Crippen LogP contribution in [0.5, 0.6) is 0 Å². The first-order chi connectivity index (χ1) is 9.75. The Morgan fingerprint density at radius 3 is 2.65 bits per heavy atom. The number of rotatable bonds is 2. The molecule has 2 aromatic rings. The number of benzene rings is 1. The summed E-state index contributed by atoms with van der Waals surface area (Å²) in [4.78, 5) is 9.25. The van der Waals surface area contributed by atoms with Crippen LogP contribution >= 0.6 is 27.7 Å². The van der Waals surface area contributed by atoms with Gasteiger partial charge < -0.3 is 5.73 Å². The Balaban J connectivity index is 2.03. The van der Waals surface area contributed by atoms with Gasteiger partial charge in [0.05, 0.1) is 15.4 Å². The molecule has 0 radical (unpaired) electrons. The van der Waals surface area contributed by atoms with Gasteiger partial charge in [-0.3, -0.25) is 0 Å². The van der Waals surface area contributed by atoms with E-state index in [-0.39, 0.29) is 0 Å². The van der Waals surface area contributed by atoms with Crippen LogP contribution in [-0.4, -0.2) is 15.7 Å². The molecule has 104 valence electrons. The highest BCUT2D eigenvalue weighted by Crippen LogP contribution is 2.39. The molecule has 0 amide bonds. The number of anilines is 1. The van der Waals surface area contributed by atoms with Crippen molar-refractivity contribution in [3.05, 3.63) is 40.6 Å². The van der Waals surface area contributed by atoms with E-state index in [1.165, 1.54) is 18.6 Å². The van der Waals surface area contributed by atoms with Gasteiger partial charge in [0, 0.05) is 5.56 Å². The van der Waals surface area contributed by atoms with E-state index in [1.54, 1.807) is 0 Å². The van der Waals surface area contributed by atoms with E-state index in [2.05, 4.69) is 20.9 Å². The second-order valence-corrected chi connectivity index (χ2v) is 6.95. The summed E-state index contributed by atoms with van der Waals surface area (Å²) in [7, 11) is 0. The summed E-state index contributed by atoms with van der Waals surface area (Å²) in [6.45, 7) is 0. The van der Waals surface area contributed by atoms with E-state index in [9.17, 15) is 0 Å². The van der Waals surface area contributed by atoms with Gasteiger partial charge in [-0.1, -0.05) is 36.8 Å². The lowest BCUT2D eigenvalue weighted by Crippen LogP contribution is -2.09. The molecular weight excluding hydrogens is 334 g/mol. The van der Waals surface area contributed by atoms with Crippen molar-refractivity contribution >= 4 is 33.5 Å². The molecule has 1 aliphatic rings. The summed E-state index contributed by atoms with van der Waals surface area (Å²) in [5, 5.41) is 0.376. The third kappa shape index (κ3) is 2.83. The fourth-order valence-electron chi connectivity index (χ4n) is 2.36. The average Bonchev–Trinajstić information content (AvgIpc) is 2.51. The number of nitrogens with zero attached hydrogens (tertiary/aromatic N) is 2. The van der Waals surface area contributed by atoms with Crippen LogP contribution in [0, 0.1) is 0 Å². The number of thioether (sulfide) groups is 1. The van der Waals surface area contributed by atoms with Crippen LogP contribution < -0.4 is 5.73 Å². The van der Waals surface area contributed by atoms with E-state index >= 15 is 0 Å². The zero-order valence-corrected chi connectivity index (χ0v) is 13.5. The van der Waals surface area contributed by atoms with Crippen molar-refractivity contribution in [3.63, 3.8) is 0 Å². The Morgan fingerprint density at radius 2 is 1.95 bits per heavy atom. The van der Waals surface area contributed by atoms with Crippen LogP contribution in [0.25, 0.3) is 11.3 Å². The summed E-state index contributed by atoms with van der Waals surface area (Å²) >= 11 is 5.46. The summed E-state index contributed by atoms with van der Waals surface area (Å²) in [5.41, 5.74) is 8.01. The second kappa shape index (κ2) is 6.14. The lowest BCUT2D eigenvalue weighted by Gasteiger charge is -2.21. The Kier molecular flexibility index (Phi) is 4.27. The maximum Gasteiger partial charge on any atom is 0.144 e. The van der Waals surface area contributed by atoms with Crippen LogP contribution in [0.15, 0.2) is 34.8 Å². The molecule has 0 aliphatic carbocycles. The molecule has 0 bridgehead atoms. The molecule has 3 nitrogen and oxygen atoms in total. The predicted molar refractivity (Wildman–Crippen MR) is 88.6 cm³/mol. The van der Waals surface area contributed by atoms with Crippen molar-refractivity contribution in [2.75, 3.05) is 11.5 Å². The quantitative estimate of drug-likeness (QED) is 0.870. The van der Waals surface area contributed by atoms with Crippen molar-refractivity contribution < 1.29 is 0 Å². The lowest BCUT2D eigenvalue weighted by molar-refractivity contribution is 0.663. The summed E-state index contributed by atoms with van der Waals surface area (Å²) in [5.74, 6) is 2.58. The fraction of sp³-hybridized carbons (Fsp3) is 0.333. The minimum absolute atomic E-state index is 0.376. The van der Waals surface area contributed by atoms with Gasteiger partial charge in [-0.25, -0.2) is 9.97 Å². The molecule has 1 unspecified atom stereocenters. The summed E-state index contributed by atoms with van der Waals surface area (Å²) in [6, 6.07) is 10.1. The van der Waals surface area contributed by atoms with Crippen molar-refractivity contribution in [2.45, 2.75) is 24.5 Å². The maximum absolute atomic E-state index is 6.06. The molecule has 2 heterocycles. The van der Waals surface area contributed by atoms with Crippen LogP contribution in [0.1, 0.15) is 30.3 Å². The number of hydrogen-bond acceptors (Lipinski definition) is 4. The smallest absolute Gasteiger partial charge is 0.144 e. The summed E-state index contributed by atoms with van der Waals surface area (Å²) < 4.78 is 0.785. The molecule has 5 heteroatoms. The highest BCUT2D eigenvalue weighted by molar-refractivity contribution is 9.10. The molecule has 0 saturated carbocycles. The lowest BCUT2D eigenvalue weighted by atomic mass is 10.1. The Labute approximate surface area is 131 Å². The van der Waals surface area contributed by atoms with E-state index in [4.69, 9.17) is 10.7 Å². The molecule has 2 N–H and O–H groups in total. The van der Waals surface area contributed by atoms with Crippen molar-refractivity contribution in [1.29, 1.82) is 0 Å². The molecule has 0 spiro atoms. The van der Waals surface area contributed by atoms with Crippen LogP contribution in [0.2, 0.25) is 0 Å². The number of nitrogens with two attached hydrogens (primary N) is 1. The van der Waals surface area contributed by atoms with Gasteiger partial charge in [0.1, 0.15) is 11.6 Å². The SMILES string of the molecule is Nc1nc(C2CCCCS2)nc(-c2ccccc2)c1Br. The van der Waals surface area contributed by atoms with Crippen LogP contribution in [-0.2, 0) is 0 Å². The standard InChI is InChI=1S/C15H16BrN3S/c16-12-13(10-6-2-1-3-7-10)18-15(19-14(12)17)11-8-4-5-9-20-11/h1-3,6-7,11H,4-5,8-9H2,(H2,17,18,19). The first-order valence-corrected chi connectivity index (χ1v) is 8.60. The molecule has 20 heavy (non-hydrogen) atoms. The van der Waals surface area contributed by atoms with Gasteiger partial charge in [-0.05, 0) is 34.5 Å². The van der Waals surface area contributed by atoms with Crippen molar-refractivity contribution in [2.24, 2.45) is 0 Å². The molecule has 1 aliphatic heterocycles. The second-order valence-electron chi connectivity index (χ2n) is 4.85. The Hall–Kier alpha value is -1.07. The molecule has 1 aromatic heterocycles. The topological polar surface area (TPSA) is 51.8 Å². The monoisotopic (exact) mass is 349 g/mol. The Morgan fingerprint density at radius 1 is 1.15 bits per heavy atom. The third-order valence-electron chi connectivity index (χ3n) is 3.41. The van der Waals surface area contributed by atoms with Crippen LogP contribution in [0.4, 0.5) is 5.82 Å². The Bertz CT molecular complexity index is 598. The zero-order valence-electron chi connectivity index (χ0n) is 11.1. The van der Waals surface area contributed by atoms with E-state index in [0.29, 0.717) is 11.1 Å². The van der Waals surface area contributed by atoms with Crippen molar-refractivity contribution in [3.8, 4) is 11.3 Å². The fourth-order valence-corrected chi connectivity index (χ4v) is 4.01. The molecule has 1 aromatic carbocycles. The highest BCUT2D eigenvalue weighted by Gasteiger charge is 2.21. The number of halogens is 1. The number of aromatic nitrogens is 2. The molecule has 1 fully saturated rings. The normalized spacial score (nSPS) is 18.9. The minimum Gasteiger partial charge on any atom is -0.383 e. The van der Waals surface area contributed by atoms with Gasteiger partial charge in [0.2, 0.25) is 0 Å². The van der Waals surface area contributed by atoms with Gasteiger partial charge in [-0.2, -0.15) is 11.8 Å². The van der Waals surface area contributed by atoms with Gasteiger partial charge in [0.25, 0.3) is 0 Å². The first-order valence-electron chi connectivity index (χ1n) is 6.75. The molecular formula is C15H16BrN3S. The zero-order chi connectivity index (χ0) is 13.9. The van der Waals surface area contributed by atoms with Crippen LogP contribution in [0.3, 0.4) is 0 Å². The average molecular weight is 350 g/mol. The van der Waals surface area contributed by atoms with Gasteiger partial charge in [0.15, 0.2) is 0 Å². The first kappa shape index (κ1) is 13.9.